The van der Waals surface area contributed by atoms with Crippen molar-refractivity contribution in [2.75, 3.05) is 20.3 Å². The molecule has 0 aromatic rings. The van der Waals surface area contributed by atoms with Crippen molar-refractivity contribution in [3.05, 3.63) is 24.8 Å². The summed E-state index contributed by atoms with van der Waals surface area (Å²) in [6.07, 6.45) is 1.70. The molecule has 0 atom stereocenters. The monoisotopic (exact) mass is 255 g/mol. The number of nitriles is 1. The molecule has 100 valence electrons. The second-order valence-electron chi connectivity index (χ2n) is 2.93. The first kappa shape index (κ1) is 18.2. The molecule has 6 nitrogen and oxygen atoms in total. The summed E-state index contributed by atoms with van der Waals surface area (Å²) in [7, 11) is 1.52. The van der Waals surface area contributed by atoms with Crippen molar-refractivity contribution in [3.8, 4) is 6.07 Å². The summed E-state index contributed by atoms with van der Waals surface area (Å²) >= 11 is 0. The molecule has 0 fully saturated rings. The van der Waals surface area contributed by atoms with Crippen LogP contribution < -0.4 is 0 Å². The first-order valence-electron chi connectivity index (χ1n) is 5.05. The zero-order chi connectivity index (χ0) is 14.4. The molecule has 0 aromatic heterocycles. The molecule has 0 unspecified atom stereocenters. The number of carboxylic acid groups (broad SMARTS) is 1. The van der Waals surface area contributed by atoms with E-state index in [2.05, 4.69) is 22.6 Å². The predicted octanol–water partition coefficient (Wildman–Crippen LogP) is 1.29. The van der Waals surface area contributed by atoms with Crippen LogP contribution in [0.4, 0.5) is 0 Å². The zero-order valence-electron chi connectivity index (χ0n) is 10.3. The maximum atomic E-state index is 10.2. The number of aliphatic carboxylic acids is 1. The average Bonchev–Trinajstić information content (AvgIpc) is 2.36. The Hall–Kier alpha value is -2.13. The summed E-state index contributed by atoms with van der Waals surface area (Å²) in [6.45, 7) is 7.07. The Morgan fingerprint density at radius 1 is 1.44 bits per heavy atom. The van der Waals surface area contributed by atoms with Crippen molar-refractivity contribution in [2.45, 2.75) is 12.8 Å². The summed E-state index contributed by atoms with van der Waals surface area (Å²) in [5, 5.41) is 16.2. The Kier molecular flexibility index (Phi) is 13.1. The summed E-state index contributed by atoms with van der Waals surface area (Å²) in [4.78, 5) is 20.3. The van der Waals surface area contributed by atoms with Gasteiger partial charge in [0, 0.05) is 25.2 Å². The van der Waals surface area contributed by atoms with Crippen molar-refractivity contribution in [3.63, 3.8) is 0 Å². The van der Waals surface area contributed by atoms with Crippen LogP contribution >= 0.6 is 0 Å². The summed E-state index contributed by atoms with van der Waals surface area (Å²) in [6, 6.07) is 1.84. The molecule has 0 radical (unpaired) electrons. The lowest BCUT2D eigenvalue weighted by molar-refractivity contribution is -0.137. The number of rotatable bonds is 7. The Bertz CT molecular complexity index is 330. The highest BCUT2D eigenvalue weighted by Crippen LogP contribution is 1.96. The van der Waals surface area contributed by atoms with E-state index in [1.807, 2.05) is 6.07 Å². The van der Waals surface area contributed by atoms with Crippen molar-refractivity contribution in [1.82, 2.24) is 0 Å². The molecule has 0 aliphatic rings. The van der Waals surface area contributed by atoms with E-state index >= 15 is 0 Å². The lowest BCUT2D eigenvalue weighted by Crippen LogP contribution is -2.01. The van der Waals surface area contributed by atoms with Gasteiger partial charge in [-0.25, -0.2) is 9.59 Å². The first-order chi connectivity index (χ1) is 8.49. The van der Waals surface area contributed by atoms with Crippen molar-refractivity contribution >= 4 is 11.9 Å². The maximum absolute atomic E-state index is 10.2. The highest BCUT2D eigenvalue weighted by molar-refractivity contribution is 5.85. The highest BCUT2D eigenvalue weighted by atomic mass is 16.5. The van der Waals surface area contributed by atoms with Crippen LogP contribution in [0.1, 0.15) is 12.8 Å². The number of esters is 1. The number of ether oxygens (including phenoxy) is 2. The molecular weight excluding hydrogens is 238 g/mol. The molecule has 18 heavy (non-hydrogen) atoms. The number of carbonyl (C=O) groups excluding carboxylic acids is 1. The Morgan fingerprint density at radius 3 is 2.44 bits per heavy atom. The number of hydrogen-bond donors (Lipinski definition) is 1. The van der Waals surface area contributed by atoms with Gasteiger partial charge in [-0.05, 0) is 0 Å². The van der Waals surface area contributed by atoms with Gasteiger partial charge in [0.15, 0.2) is 0 Å². The maximum Gasteiger partial charge on any atom is 0.331 e. The molecule has 6 heteroatoms. The molecule has 0 saturated heterocycles. The molecule has 0 amide bonds. The number of methoxy groups -OCH3 is 1. The van der Waals surface area contributed by atoms with E-state index in [4.69, 9.17) is 10.4 Å². The minimum Gasteiger partial charge on any atom is -0.478 e. The quantitative estimate of drug-likeness (QED) is 0.418. The van der Waals surface area contributed by atoms with E-state index in [9.17, 15) is 9.59 Å². The summed E-state index contributed by atoms with van der Waals surface area (Å²) in [5.74, 6) is -1.43. The van der Waals surface area contributed by atoms with Crippen LogP contribution in [0.2, 0.25) is 0 Å². The fourth-order valence-electron chi connectivity index (χ4n) is 0.588. The predicted molar refractivity (Wildman–Crippen MR) is 64.7 cm³/mol. The Morgan fingerprint density at radius 2 is 2.06 bits per heavy atom. The molecule has 0 bridgehead atoms. The zero-order valence-corrected chi connectivity index (χ0v) is 10.3. The van der Waals surface area contributed by atoms with E-state index in [-0.39, 0.29) is 18.6 Å². The summed E-state index contributed by atoms with van der Waals surface area (Å²) < 4.78 is 9.09. The molecule has 0 aromatic carbocycles. The fraction of sp³-hybridized carbons (Fsp3) is 0.417. The van der Waals surface area contributed by atoms with E-state index in [0.717, 1.165) is 6.08 Å². The third kappa shape index (κ3) is 13.9. The van der Waals surface area contributed by atoms with Crippen molar-refractivity contribution in [2.24, 2.45) is 0 Å². The summed E-state index contributed by atoms with van der Waals surface area (Å²) in [5.41, 5.74) is 0.192. The topological polar surface area (TPSA) is 96.6 Å². The van der Waals surface area contributed by atoms with E-state index in [0.29, 0.717) is 13.0 Å². The van der Waals surface area contributed by atoms with Gasteiger partial charge >= 0.3 is 11.9 Å². The smallest absolute Gasteiger partial charge is 0.331 e. The lowest BCUT2D eigenvalue weighted by atomic mass is 10.2. The van der Waals surface area contributed by atoms with Crippen LogP contribution in [0.3, 0.4) is 0 Å². The van der Waals surface area contributed by atoms with E-state index in [1.165, 1.54) is 7.11 Å². The van der Waals surface area contributed by atoms with Gasteiger partial charge in [-0.1, -0.05) is 13.2 Å². The molecular formula is C12H17NO5. The molecule has 0 heterocycles. The second kappa shape index (κ2) is 12.9. The lowest BCUT2D eigenvalue weighted by Gasteiger charge is -1.96. The number of nitrogens with zero attached hydrogens (tertiary/aromatic N) is 1. The minimum absolute atomic E-state index is 0.154. The van der Waals surface area contributed by atoms with Crippen LogP contribution in [0, 0.1) is 11.3 Å². The molecule has 0 aliphatic heterocycles. The number of carbonyl (C=O) groups is 2. The Labute approximate surface area is 106 Å². The van der Waals surface area contributed by atoms with Gasteiger partial charge in [-0.2, -0.15) is 5.26 Å². The van der Waals surface area contributed by atoms with Crippen molar-refractivity contribution < 1.29 is 24.2 Å². The molecule has 0 aliphatic carbocycles. The first-order valence-corrected chi connectivity index (χ1v) is 5.05. The van der Waals surface area contributed by atoms with Gasteiger partial charge in [0.05, 0.1) is 19.1 Å². The normalized spacial score (nSPS) is 8.22. The molecule has 0 rings (SSSR count). The van der Waals surface area contributed by atoms with Crippen LogP contribution in [0.25, 0.3) is 0 Å². The third-order valence-corrected chi connectivity index (χ3v) is 1.54. The van der Waals surface area contributed by atoms with Crippen LogP contribution in [-0.2, 0) is 19.1 Å². The largest absolute Gasteiger partial charge is 0.478 e. The Balaban J connectivity index is 0. The molecule has 0 saturated carbocycles. The van der Waals surface area contributed by atoms with Crippen molar-refractivity contribution in [1.29, 1.82) is 5.26 Å². The van der Waals surface area contributed by atoms with Crippen LogP contribution in [-0.4, -0.2) is 37.4 Å². The van der Waals surface area contributed by atoms with Gasteiger partial charge in [-0.15, -0.1) is 0 Å². The average molecular weight is 255 g/mol. The van der Waals surface area contributed by atoms with Gasteiger partial charge in [0.1, 0.15) is 6.61 Å². The van der Waals surface area contributed by atoms with Gasteiger partial charge in [-0.3, -0.25) is 0 Å². The van der Waals surface area contributed by atoms with Gasteiger partial charge < -0.3 is 14.6 Å². The standard InChI is InChI=1S/C6H7NO2.C6H10O3/c1-2-6(8)9-5-3-4-7;1-5(6(7)8)3-4-9-2/h2H,1,3,5H2;1,3-4H2,2H3,(H,7,8). The van der Waals surface area contributed by atoms with Crippen LogP contribution in [0.5, 0.6) is 0 Å². The fourth-order valence-corrected chi connectivity index (χ4v) is 0.588. The van der Waals surface area contributed by atoms with Gasteiger partial charge in [0.2, 0.25) is 0 Å². The van der Waals surface area contributed by atoms with Gasteiger partial charge in [0.25, 0.3) is 0 Å². The van der Waals surface area contributed by atoms with E-state index in [1.54, 1.807) is 0 Å². The number of carboxylic acids is 1. The van der Waals surface area contributed by atoms with E-state index < -0.39 is 11.9 Å². The SMILES string of the molecule is C=C(CCOC)C(=O)O.C=CC(=O)OCCC#N. The second-order valence-corrected chi connectivity index (χ2v) is 2.93. The number of hydrogen-bond acceptors (Lipinski definition) is 5. The third-order valence-electron chi connectivity index (χ3n) is 1.54. The highest BCUT2D eigenvalue weighted by Gasteiger charge is 2.01. The van der Waals surface area contributed by atoms with Crippen LogP contribution in [0.15, 0.2) is 24.8 Å². The molecule has 1 N–H and O–H groups in total. The molecule has 0 spiro atoms. The minimum atomic E-state index is -0.952.